The highest BCUT2D eigenvalue weighted by atomic mass is 16.5. The van der Waals surface area contributed by atoms with Crippen LogP contribution >= 0.6 is 0 Å². The number of pyridine rings is 1. The number of amides is 2. The fraction of sp³-hybridized carbons (Fsp3) is 0.323. The van der Waals surface area contributed by atoms with E-state index in [9.17, 15) is 14.7 Å². The summed E-state index contributed by atoms with van der Waals surface area (Å²) < 4.78 is 4.98. The van der Waals surface area contributed by atoms with Crippen molar-refractivity contribution in [3.8, 4) is 11.3 Å². The Morgan fingerprint density at radius 3 is 2.41 bits per heavy atom. The topological polar surface area (TPSA) is 108 Å². The zero-order valence-corrected chi connectivity index (χ0v) is 22.8. The van der Waals surface area contributed by atoms with Crippen LogP contribution in [0.15, 0.2) is 60.9 Å². The number of aromatic amines is 1. The lowest BCUT2D eigenvalue weighted by Crippen LogP contribution is -2.32. The van der Waals surface area contributed by atoms with Crippen LogP contribution in [0.2, 0.25) is 0 Å². The molecule has 4 aromatic rings. The Morgan fingerprint density at radius 2 is 1.72 bits per heavy atom. The van der Waals surface area contributed by atoms with E-state index in [1.54, 1.807) is 18.5 Å². The molecule has 0 radical (unpaired) electrons. The molecule has 0 atom stereocenters. The van der Waals surface area contributed by atoms with Crippen molar-refractivity contribution in [2.75, 3.05) is 26.9 Å². The minimum absolute atomic E-state index is 0.124. The number of ether oxygens (including phenoxy) is 1. The highest BCUT2D eigenvalue weighted by Crippen LogP contribution is 2.33. The first kappa shape index (κ1) is 27.9. The molecule has 4 rings (SSSR count). The van der Waals surface area contributed by atoms with Gasteiger partial charge < -0.3 is 25.0 Å². The van der Waals surface area contributed by atoms with Crippen LogP contribution in [0.1, 0.15) is 45.5 Å². The van der Waals surface area contributed by atoms with Crippen molar-refractivity contribution in [2.45, 2.75) is 39.5 Å². The van der Waals surface area contributed by atoms with Gasteiger partial charge >= 0.3 is 6.09 Å². The Kier molecular flexibility index (Phi) is 9.33. The number of methoxy groups -OCH3 is 1. The Balaban J connectivity index is 1.58. The van der Waals surface area contributed by atoms with E-state index < -0.39 is 6.09 Å². The molecule has 0 aliphatic carbocycles. The molecule has 0 unspecified atom stereocenters. The molecule has 2 heterocycles. The summed E-state index contributed by atoms with van der Waals surface area (Å²) in [7, 11) is 1.53. The summed E-state index contributed by atoms with van der Waals surface area (Å²) in [6.07, 6.45) is 5.71. The Bertz CT molecular complexity index is 1410. The van der Waals surface area contributed by atoms with Crippen LogP contribution in [0.3, 0.4) is 0 Å². The number of aromatic nitrogens is 2. The molecule has 8 nitrogen and oxygen atoms in total. The van der Waals surface area contributed by atoms with Gasteiger partial charge in [0.15, 0.2) is 0 Å². The maximum Gasteiger partial charge on any atom is 0.407 e. The van der Waals surface area contributed by atoms with Crippen LogP contribution < -0.4 is 5.32 Å². The lowest BCUT2D eigenvalue weighted by molar-refractivity contribution is 0.0872. The van der Waals surface area contributed by atoms with Crippen LogP contribution in [0.4, 0.5) is 4.79 Å². The third-order valence-electron chi connectivity index (χ3n) is 6.85. The number of unbranched alkanes of at least 4 members (excludes halogenated alkanes) is 1. The highest BCUT2D eigenvalue weighted by Gasteiger charge is 2.19. The van der Waals surface area contributed by atoms with Crippen LogP contribution in [-0.2, 0) is 17.6 Å². The van der Waals surface area contributed by atoms with Crippen molar-refractivity contribution in [1.29, 1.82) is 0 Å². The fourth-order valence-corrected chi connectivity index (χ4v) is 4.98. The minimum atomic E-state index is -0.925. The first-order valence-electron chi connectivity index (χ1n) is 13.2. The molecular weight excluding hydrogens is 492 g/mol. The number of nitrogens with one attached hydrogen (secondary N) is 2. The fourth-order valence-electron chi connectivity index (χ4n) is 4.98. The van der Waals surface area contributed by atoms with Crippen molar-refractivity contribution < 1.29 is 19.4 Å². The van der Waals surface area contributed by atoms with Gasteiger partial charge in [-0.3, -0.25) is 9.78 Å². The predicted molar refractivity (Wildman–Crippen MR) is 153 cm³/mol. The van der Waals surface area contributed by atoms with Gasteiger partial charge in [0.2, 0.25) is 0 Å². The second-order valence-electron chi connectivity index (χ2n) is 9.89. The van der Waals surface area contributed by atoms with Crippen molar-refractivity contribution in [3.05, 3.63) is 88.7 Å². The zero-order valence-electron chi connectivity index (χ0n) is 22.8. The molecule has 2 aromatic carbocycles. The van der Waals surface area contributed by atoms with Crippen molar-refractivity contribution in [2.24, 2.45) is 0 Å². The van der Waals surface area contributed by atoms with Gasteiger partial charge in [0.25, 0.3) is 5.91 Å². The molecule has 0 bridgehead atoms. The van der Waals surface area contributed by atoms with E-state index in [0.29, 0.717) is 25.1 Å². The first-order valence-corrected chi connectivity index (χ1v) is 13.2. The number of carbonyl (C=O) groups excluding carboxylic acids is 1. The average molecular weight is 529 g/mol. The van der Waals surface area contributed by atoms with Crippen molar-refractivity contribution in [1.82, 2.24) is 20.2 Å². The van der Waals surface area contributed by atoms with E-state index in [1.165, 1.54) is 17.6 Å². The van der Waals surface area contributed by atoms with Crippen molar-refractivity contribution in [3.63, 3.8) is 0 Å². The number of aryl methyl sites for hydroxylation is 3. The smallest absolute Gasteiger partial charge is 0.407 e. The minimum Gasteiger partial charge on any atom is -0.465 e. The molecule has 2 amide bonds. The number of hydrogen-bond acceptors (Lipinski definition) is 4. The maximum atomic E-state index is 12.6. The second kappa shape index (κ2) is 13.1. The Morgan fingerprint density at radius 1 is 0.974 bits per heavy atom. The van der Waals surface area contributed by atoms with Gasteiger partial charge in [-0.1, -0.05) is 17.2 Å². The predicted octanol–water partition coefficient (Wildman–Crippen LogP) is 5.73. The largest absolute Gasteiger partial charge is 0.465 e. The summed E-state index contributed by atoms with van der Waals surface area (Å²) in [6.45, 7) is 5.07. The molecule has 2 aromatic heterocycles. The summed E-state index contributed by atoms with van der Waals surface area (Å²) in [5.41, 5.74) is 7.93. The molecule has 39 heavy (non-hydrogen) atoms. The molecular formula is C31H36N4O4. The van der Waals surface area contributed by atoms with E-state index in [2.05, 4.69) is 47.3 Å². The maximum absolute atomic E-state index is 12.6. The van der Waals surface area contributed by atoms with E-state index in [-0.39, 0.29) is 12.6 Å². The molecule has 0 aliphatic heterocycles. The van der Waals surface area contributed by atoms with E-state index >= 15 is 0 Å². The lowest BCUT2D eigenvalue weighted by atomic mass is 9.98. The van der Waals surface area contributed by atoms with Crippen molar-refractivity contribution >= 4 is 22.9 Å². The number of carboxylic acid groups (broad SMARTS) is 1. The summed E-state index contributed by atoms with van der Waals surface area (Å²) >= 11 is 0. The quantitative estimate of drug-likeness (QED) is 0.161. The number of benzene rings is 2. The summed E-state index contributed by atoms with van der Waals surface area (Å²) in [4.78, 5) is 33.8. The number of carbonyl (C=O) groups is 2. The standard InChI is InChI=1S/C31H36N4O4/c1-21-16-22(2)18-25(17-21)29-26(27-19-24(7-8-28(27)34-29)30(36)33-20-39-3)11-15-35(31(37)38)14-5-4-6-23-9-12-32-13-10-23/h7-10,12-13,16-19,34H,4-6,11,14-15,20H2,1-3H3,(H,33,36)(H,37,38). The van der Waals surface area contributed by atoms with Gasteiger partial charge in [-0.2, -0.15) is 0 Å². The average Bonchev–Trinajstić information content (AvgIpc) is 3.29. The second-order valence-corrected chi connectivity index (χ2v) is 9.89. The van der Waals surface area contributed by atoms with Crippen LogP contribution in [-0.4, -0.2) is 58.9 Å². The number of nitrogens with zero attached hydrogens (tertiary/aromatic N) is 2. The normalized spacial score (nSPS) is 11.1. The van der Waals surface area contributed by atoms with E-state index in [1.807, 2.05) is 24.3 Å². The number of hydrogen-bond donors (Lipinski definition) is 3. The lowest BCUT2D eigenvalue weighted by Gasteiger charge is -2.19. The zero-order chi connectivity index (χ0) is 27.8. The van der Waals surface area contributed by atoms with Gasteiger partial charge in [0, 0.05) is 54.8 Å². The van der Waals surface area contributed by atoms with Crippen LogP contribution in [0, 0.1) is 13.8 Å². The number of H-pyrrole nitrogens is 1. The van der Waals surface area contributed by atoms with Gasteiger partial charge in [-0.25, -0.2) is 4.79 Å². The van der Waals surface area contributed by atoms with E-state index in [0.717, 1.165) is 58.1 Å². The summed E-state index contributed by atoms with van der Waals surface area (Å²) in [6, 6.07) is 15.9. The first-order chi connectivity index (χ1) is 18.9. The highest BCUT2D eigenvalue weighted by molar-refractivity contribution is 6.00. The molecule has 0 aliphatic rings. The van der Waals surface area contributed by atoms with Crippen LogP contribution in [0.25, 0.3) is 22.2 Å². The van der Waals surface area contributed by atoms with Gasteiger partial charge in [0.05, 0.1) is 0 Å². The summed E-state index contributed by atoms with van der Waals surface area (Å²) in [5, 5.41) is 13.6. The molecule has 0 spiro atoms. The summed E-state index contributed by atoms with van der Waals surface area (Å²) in [5.74, 6) is -0.222. The molecule has 0 saturated heterocycles. The molecule has 3 N–H and O–H groups in total. The number of fused-ring (bicyclic) bond motifs is 1. The van der Waals surface area contributed by atoms with Gasteiger partial charge in [0.1, 0.15) is 6.73 Å². The molecule has 8 heteroatoms. The molecule has 0 fully saturated rings. The monoisotopic (exact) mass is 528 g/mol. The molecule has 204 valence electrons. The van der Waals surface area contributed by atoms with Crippen LogP contribution in [0.5, 0.6) is 0 Å². The third-order valence-corrected chi connectivity index (χ3v) is 6.85. The van der Waals surface area contributed by atoms with E-state index in [4.69, 9.17) is 4.74 Å². The Hall–Kier alpha value is -4.17. The SMILES string of the molecule is COCNC(=O)c1ccc2[nH]c(-c3cc(C)cc(C)c3)c(CCN(CCCCc3ccncc3)C(=O)O)c2c1. The molecule has 0 saturated carbocycles. The Labute approximate surface area is 229 Å². The van der Waals surface area contributed by atoms with Gasteiger partial charge in [-0.15, -0.1) is 0 Å². The van der Waals surface area contributed by atoms with Gasteiger partial charge in [-0.05, 0) is 98.7 Å². The third kappa shape index (κ3) is 7.23. The number of rotatable bonds is 12.